The number of benzene rings is 2. The fraction of sp³-hybridized carbons (Fsp3) is 0.478. The smallest absolute Gasteiger partial charge is 0.161 e. The van der Waals surface area contributed by atoms with E-state index in [1.54, 1.807) is 14.2 Å². The fourth-order valence-corrected chi connectivity index (χ4v) is 4.50. The van der Waals surface area contributed by atoms with E-state index in [0.717, 1.165) is 37.6 Å². The van der Waals surface area contributed by atoms with Gasteiger partial charge in [0.15, 0.2) is 11.5 Å². The molecular formula is C23H30N2O2. The molecule has 1 fully saturated rings. The summed E-state index contributed by atoms with van der Waals surface area (Å²) in [6.45, 7) is 5.63. The highest BCUT2D eigenvalue weighted by Gasteiger charge is 2.28. The molecule has 1 saturated heterocycles. The minimum Gasteiger partial charge on any atom is -0.493 e. The van der Waals surface area contributed by atoms with E-state index in [4.69, 9.17) is 9.47 Å². The van der Waals surface area contributed by atoms with Crippen LogP contribution in [-0.2, 0) is 19.5 Å². The fourth-order valence-electron chi connectivity index (χ4n) is 4.50. The van der Waals surface area contributed by atoms with E-state index in [9.17, 15) is 0 Å². The van der Waals surface area contributed by atoms with E-state index in [1.807, 2.05) is 0 Å². The zero-order valence-corrected chi connectivity index (χ0v) is 16.5. The van der Waals surface area contributed by atoms with Crippen molar-refractivity contribution in [1.82, 2.24) is 9.80 Å². The summed E-state index contributed by atoms with van der Waals surface area (Å²) in [5.74, 6) is 1.69. The quantitative estimate of drug-likeness (QED) is 0.805. The van der Waals surface area contributed by atoms with Crippen molar-refractivity contribution in [3.63, 3.8) is 0 Å². The molecule has 2 aliphatic rings. The molecule has 0 amide bonds. The Labute approximate surface area is 162 Å². The summed E-state index contributed by atoms with van der Waals surface area (Å²) < 4.78 is 11.0. The molecule has 27 heavy (non-hydrogen) atoms. The van der Waals surface area contributed by atoms with Gasteiger partial charge in [-0.25, -0.2) is 0 Å². The number of nitrogens with zero attached hydrogens (tertiary/aromatic N) is 2. The van der Waals surface area contributed by atoms with Gasteiger partial charge in [0.25, 0.3) is 0 Å². The largest absolute Gasteiger partial charge is 0.493 e. The molecule has 0 N–H and O–H groups in total. The van der Waals surface area contributed by atoms with Gasteiger partial charge in [-0.1, -0.05) is 30.3 Å². The molecular weight excluding hydrogens is 336 g/mol. The standard InChI is InChI=1S/C23H30N2O2/c1-26-22-14-19-8-13-25(17-20(19)15-23(22)27-2)21-9-11-24(12-10-21)16-18-6-4-3-5-7-18/h3-7,14-15,21H,8-13,16-17H2,1-2H3. The predicted octanol–water partition coefficient (Wildman–Crippen LogP) is 3.73. The van der Waals surface area contributed by atoms with Crippen LogP contribution in [0.25, 0.3) is 0 Å². The summed E-state index contributed by atoms with van der Waals surface area (Å²) in [7, 11) is 3.43. The van der Waals surface area contributed by atoms with Crippen LogP contribution in [0.4, 0.5) is 0 Å². The summed E-state index contributed by atoms with van der Waals surface area (Å²) in [6, 6.07) is 15.9. The molecule has 0 radical (unpaired) electrons. The Balaban J connectivity index is 1.36. The first-order chi connectivity index (χ1) is 13.3. The van der Waals surface area contributed by atoms with E-state index in [0.29, 0.717) is 6.04 Å². The van der Waals surface area contributed by atoms with Crippen molar-refractivity contribution < 1.29 is 9.47 Å². The monoisotopic (exact) mass is 366 g/mol. The van der Waals surface area contributed by atoms with Gasteiger partial charge in [0.05, 0.1) is 14.2 Å². The van der Waals surface area contributed by atoms with Crippen LogP contribution in [0.2, 0.25) is 0 Å². The number of hydrogen-bond donors (Lipinski definition) is 0. The zero-order chi connectivity index (χ0) is 18.6. The lowest BCUT2D eigenvalue weighted by Crippen LogP contribution is -2.46. The molecule has 2 aliphatic heterocycles. The molecule has 0 spiro atoms. The first-order valence-electron chi connectivity index (χ1n) is 10.0. The Morgan fingerprint density at radius 1 is 0.889 bits per heavy atom. The average molecular weight is 367 g/mol. The second kappa shape index (κ2) is 8.32. The molecule has 144 valence electrons. The number of fused-ring (bicyclic) bond motifs is 1. The van der Waals surface area contributed by atoms with Crippen LogP contribution in [0.1, 0.15) is 29.5 Å². The minimum atomic E-state index is 0.693. The number of methoxy groups -OCH3 is 2. The third-order valence-corrected chi connectivity index (χ3v) is 6.07. The number of likely N-dealkylation sites (tertiary alicyclic amines) is 1. The maximum Gasteiger partial charge on any atom is 0.161 e. The van der Waals surface area contributed by atoms with Gasteiger partial charge in [0.1, 0.15) is 0 Å². The lowest BCUT2D eigenvalue weighted by molar-refractivity contribution is 0.0947. The molecule has 0 atom stereocenters. The highest BCUT2D eigenvalue weighted by molar-refractivity contribution is 5.48. The van der Waals surface area contributed by atoms with Gasteiger partial charge in [0, 0.05) is 25.7 Å². The molecule has 4 nitrogen and oxygen atoms in total. The van der Waals surface area contributed by atoms with Gasteiger partial charge in [-0.3, -0.25) is 9.80 Å². The summed E-state index contributed by atoms with van der Waals surface area (Å²) in [6.07, 6.45) is 3.62. The van der Waals surface area contributed by atoms with Crippen molar-refractivity contribution in [1.29, 1.82) is 0 Å². The summed E-state index contributed by atoms with van der Waals surface area (Å²) >= 11 is 0. The van der Waals surface area contributed by atoms with Gasteiger partial charge in [-0.05, 0) is 61.2 Å². The zero-order valence-electron chi connectivity index (χ0n) is 16.5. The third kappa shape index (κ3) is 4.12. The minimum absolute atomic E-state index is 0.693. The van der Waals surface area contributed by atoms with Crippen molar-refractivity contribution in [3.8, 4) is 11.5 Å². The van der Waals surface area contributed by atoms with Gasteiger partial charge >= 0.3 is 0 Å². The van der Waals surface area contributed by atoms with Gasteiger partial charge < -0.3 is 9.47 Å². The molecule has 2 heterocycles. The number of hydrogen-bond acceptors (Lipinski definition) is 4. The summed E-state index contributed by atoms with van der Waals surface area (Å²) in [5.41, 5.74) is 4.22. The normalized spacial score (nSPS) is 18.9. The van der Waals surface area contributed by atoms with E-state index >= 15 is 0 Å². The average Bonchev–Trinajstić information content (AvgIpc) is 2.73. The van der Waals surface area contributed by atoms with Crippen LogP contribution in [0, 0.1) is 0 Å². The molecule has 4 heteroatoms. The first-order valence-corrected chi connectivity index (χ1v) is 10.0. The molecule has 2 aromatic rings. The van der Waals surface area contributed by atoms with Crippen molar-refractivity contribution in [3.05, 3.63) is 59.2 Å². The summed E-state index contributed by atoms with van der Waals surface area (Å²) in [5, 5.41) is 0. The van der Waals surface area contributed by atoms with E-state index in [-0.39, 0.29) is 0 Å². The second-order valence-corrected chi connectivity index (χ2v) is 7.69. The van der Waals surface area contributed by atoms with Crippen molar-refractivity contribution in [2.24, 2.45) is 0 Å². The van der Waals surface area contributed by atoms with Crippen LogP contribution in [0.3, 0.4) is 0 Å². The number of rotatable bonds is 5. The lowest BCUT2D eigenvalue weighted by Gasteiger charge is -2.40. The third-order valence-electron chi connectivity index (χ3n) is 6.07. The Kier molecular flexibility index (Phi) is 5.65. The topological polar surface area (TPSA) is 24.9 Å². The Morgan fingerprint density at radius 2 is 1.56 bits per heavy atom. The molecule has 4 rings (SSSR count). The SMILES string of the molecule is COc1cc2c(cc1OC)CN(C1CCN(Cc3ccccc3)CC1)CC2. The van der Waals surface area contributed by atoms with Crippen LogP contribution in [0.15, 0.2) is 42.5 Å². The maximum absolute atomic E-state index is 5.50. The van der Waals surface area contributed by atoms with Gasteiger partial charge in [0.2, 0.25) is 0 Å². The highest BCUT2D eigenvalue weighted by atomic mass is 16.5. The molecule has 0 aliphatic carbocycles. The van der Waals surface area contributed by atoms with E-state index < -0.39 is 0 Å². The van der Waals surface area contributed by atoms with Crippen LogP contribution >= 0.6 is 0 Å². The molecule has 2 aromatic carbocycles. The molecule has 0 unspecified atom stereocenters. The first kappa shape index (κ1) is 18.3. The number of ether oxygens (including phenoxy) is 2. The molecule has 0 aromatic heterocycles. The Hall–Kier alpha value is -2.04. The summed E-state index contributed by atoms with van der Waals surface area (Å²) in [4.78, 5) is 5.27. The predicted molar refractivity (Wildman–Crippen MR) is 108 cm³/mol. The van der Waals surface area contributed by atoms with Crippen LogP contribution in [0.5, 0.6) is 11.5 Å². The molecule has 0 bridgehead atoms. The number of piperidine rings is 1. The second-order valence-electron chi connectivity index (χ2n) is 7.69. The Bertz CT molecular complexity index is 754. The van der Waals surface area contributed by atoms with Crippen molar-refractivity contribution >= 4 is 0 Å². The van der Waals surface area contributed by atoms with Gasteiger partial charge in [-0.15, -0.1) is 0 Å². The van der Waals surface area contributed by atoms with Gasteiger partial charge in [-0.2, -0.15) is 0 Å². The highest BCUT2D eigenvalue weighted by Crippen LogP contribution is 2.34. The van der Waals surface area contributed by atoms with E-state index in [1.165, 1.54) is 42.6 Å². The maximum atomic E-state index is 5.50. The Morgan fingerprint density at radius 3 is 2.22 bits per heavy atom. The lowest BCUT2D eigenvalue weighted by atomic mass is 9.94. The van der Waals surface area contributed by atoms with Crippen LogP contribution in [-0.4, -0.2) is 49.7 Å². The van der Waals surface area contributed by atoms with Crippen molar-refractivity contribution in [2.45, 2.75) is 38.4 Å². The van der Waals surface area contributed by atoms with E-state index in [2.05, 4.69) is 52.3 Å². The van der Waals surface area contributed by atoms with Crippen LogP contribution < -0.4 is 9.47 Å². The van der Waals surface area contributed by atoms with Crippen molar-refractivity contribution in [2.75, 3.05) is 33.9 Å². The molecule has 0 saturated carbocycles.